The van der Waals surface area contributed by atoms with Gasteiger partial charge in [-0.2, -0.15) is 0 Å². The van der Waals surface area contributed by atoms with Crippen molar-refractivity contribution in [2.24, 2.45) is 0 Å². The smallest absolute Gasteiger partial charge is 0.334 e. The fraction of sp³-hybridized carbons (Fsp3) is 0.500. The van der Waals surface area contributed by atoms with Gasteiger partial charge in [-0.1, -0.05) is 6.07 Å². The highest BCUT2D eigenvalue weighted by Crippen LogP contribution is 2.15. The van der Waals surface area contributed by atoms with Crippen molar-refractivity contribution in [1.82, 2.24) is 4.90 Å². The number of carboxylic acid groups (broad SMARTS) is 1. The molecule has 1 aliphatic rings. The number of nitrogens with zero attached hydrogens (tertiary/aromatic N) is 1. The van der Waals surface area contributed by atoms with Crippen LogP contribution in [0, 0.1) is 0 Å². The highest BCUT2D eigenvalue weighted by molar-refractivity contribution is 7.10. The van der Waals surface area contributed by atoms with E-state index in [4.69, 9.17) is 9.84 Å². The Balaban J connectivity index is 1.99. The quantitative estimate of drug-likeness (QED) is 0.888. The summed E-state index contributed by atoms with van der Waals surface area (Å²) >= 11 is 1.53. The van der Waals surface area contributed by atoms with Crippen LogP contribution in [0.25, 0.3) is 0 Å². The number of rotatable bonds is 3. The Bertz CT molecular complexity index is 431. The molecule has 2 rings (SSSR count). The van der Waals surface area contributed by atoms with Crippen molar-refractivity contribution >= 4 is 23.2 Å². The van der Waals surface area contributed by atoms with E-state index >= 15 is 0 Å². The van der Waals surface area contributed by atoms with E-state index in [0.717, 1.165) is 4.88 Å². The molecule has 1 unspecified atom stereocenters. The molecule has 0 radical (unpaired) electrons. The van der Waals surface area contributed by atoms with Crippen molar-refractivity contribution in [3.05, 3.63) is 22.4 Å². The van der Waals surface area contributed by atoms with Gasteiger partial charge in [0.15, 0.2) is 6.10 Å². The molecule has 1 amide bonds. The Morgan fingerprint density at radius 2 is 2.33 bits per heavy atom. The van der Waals surface area contributed by atoms with E-state index in [1.54, 1.807) is 11.8 Å². The maximum absolute atomic E-state index is 12.1. The van der Waals surface area contributed by atoms with Gasteiger partial charge in [0.1, 0.15) is 0 Å². The van der Waals surface area contributed by atoms with Crippen LogP contribution in [0.1, 0.15) is 11.8 Å². The summed E-state index contributed by atoms with van der Waals surface area (Å²) in [5.41, 5.74) is 0. The number of aliphatic carboxylic acids is 1. The molecule has 5 nitrogen and oxygen atoms in total. The molecular weight excluding hydrogens is 254 g/mol. The standard InChI is InChI=1S/C12H15NO4S/c1-8-6-13(7-10(17-8)12(15)16)11(14)5-9-3-2-4-18-9/h2-4,8,10H,5-7H2,1H3,(H,15,16)/t8-,10?/m1/s1. The third-order valence-electron chi connectivity index (χ3n) is 2.79. The van der Waals surface area contributed by atoms with Gasteiger partial charge in [-0.3, -0.25) is 4.79 Å². The van der Waals surface area contributed by atoms with Crippen molar-refractivity contribution in [3.63, 3.8) is 0 Å². The van der Waals surface area contributed by atoms with Crippen molar-refractivity contribution < 1.29 is 19.4 Å². The van der Waals surface area contributed by atoms with Crippen LogP contribution in [0.4, 0.5) is 0 Å². The molecule has 1 aromatic rings. The normalized spacial score (nSPS) is 23.9. The number of morpholine rings is 1. The fourth-order valence-electron chi connectivity index (χ4n) is 1.97. The van der Waals surface area contributed by atoms with Gasteiger partial charge < -0.3 is 14.7 Å². The van der Waals surface area contributed by atoms with E-state index in [9.17, 15) is 9.59 Å². The van der Waals surface area contributed by atoms with E-state index < -0.39 is 12.1 Å². The van der Waals surface area contributed by atoms with Crippen LogP contribution in [-0.2, 0) is 20.7 Å². The average Bonchev–Trinajstić information content (AvgIpc) is 2.80. The largest absolute Gasteiger partial charge is 0.479 e. The zero-order valence-electron chi connectivity index (χ0n) is 10.0. The second-order valence-electron chi connectivity index (χ2n) is 4.33. The second-order valence-corrected chi connectivity index (χ2v) is 5.36. The summed E-state index contributed by atoms with van der Waals surface area (Å²) in [4.78, 5) is 25.6. The van der Waals surface area contributed by atoms with Gasteiger partial charge in [0.25, 0.3) is 0 Å². The molecule has 1 N–H and O–H groups in total. The van der Waals surface area contributed by atoms with Crippen LogP contribution in [0.5, 0.6) is 0 Å². The van der Waals surface area contributed by atoms with Crippen LogP contribution in [0.3, 0.4) is 0 Å². The monoisotopic (exact) mass is 269 g/mol. The zero-order valence-corrected chi connectivity index (χ0v) is 10.9. The lowest BCUT2D eigenvalue weighted by Crippen LogP contribution is -2.52. The van der Waals surface area contributed by atoms with E-state index in [-0.39, 0.29) is 18.6 Å². The first kappa shape index (κ1) is 13.0. The third kappa shape index (κ3) is 3.08. The Morgan fingerprint density at radius 1 is 1.56 bits per heavy atom. The predicted molar refractivity (Wildman–Crippen MR) is 66.6 cm³/mol. The summed E-state index contributed by atoms with van der Waals surface area (Å²) in [7, 11) is 0. The number of carbonyl (C=O) groups excluding carboxylic acids is 1. The molecular formula is C12H15NO4S. The van der Waals surface area contributed by atoms with Crippen molar-refractivity contribution in [2.75, 3.05) is 13.1 Å². The first-order valence-electron chi connectivity index (χ1n) is 5.74. The molecule has 1 fully saturated rings. The molecule has 2 atom stereocenters. The number of hydrogen-bond acceptors (Lipinski definition) is 4. The van der Waals surface area contributed by atoms with Gasteiger partial charge in [0.2, 0.25) is 5.91 Å². The Morgan fingerprint density at radius 3 is 2.94 bits per heavy atom. The van der Waals surface area contributed by atoms with Crippen molar-refractivity contribution in [1.29, 1.82) is 0 Å². The maximum Gasteiger partial charge on any atom is 0.334 e. The molecule has 18 heavy (non-hydrogen) atoms. The van der Waals surface area contributed by atoms with E-state index in [1.807, 2.05) is 17.5 Å². The molecule has 0 spiro atoms. The predicted octanol–water partition coefficient (Wildman–Crippen LogP) is 0.991. The Labute approximate surface area is 109 Å². The van der Waals surface area contributed by atoms with Gasteiger partial charge in [0, 0.05) is 11.4 Å². The van der Waals surface area contributed by atoms with E-state index in [0.29, 0.717) is 13.0 Å². The summed E-state index contributed by atoms with van der Waals surface area (Å²) in [6.07, 6.45) is -0.829. The summed E-state index contributed by atoms with van der Waals surface area (Å²) in [5.74, 6) is -1.06. The second kappa shape index (κ2) is 5.49. The molecule has 0 aromatic carbocycles. The molecule has 1 aliphatic heterocycles. The molecule has 98 valence electrons. The first-order valence-corrected chi connectivity index (χ1v) is 6.62. The molecule has 1 aromatic heterocycles. The minimum absolute atomic E-state index is 0.0427. The minimum Gasteiger partial charge on any atom is -0.479 e. The summed E-state index contributed by atoms with van der Waals surface area (Å²) < 4.78 is 5.27. The van der Waals surface area contributed by atoms with Gasteiger partial charge in [0.05, 0.1) is 19.1 Å². The molecule has 0 aliphatic carbocycles. The highest BCUT2D eigenvalue weighted by atomic mass is 32.1. The lowest BCUT2D eigenvalue weighted by molar-refractivity contribution is -0.166. The maximum atomic E-state index is 12.1. The minimum atomic E-state index is -1.02. The van der Waals surface area contributed by atoms with Crippen LogP contribution in [0.15, 0.2) is 17.5 Å². The Hall–Kier alpha value is -1.40. The SMILES string of the molecule is C[C@@H]1CN(C(=O)Cc2cccs2)CC(C(=O)O)O1. The molecule has 1 saturated heterocycles. The molecule has 0 saturated carbocycles. The number of carboxylic acids is 1. The van der Waals surface area contributed by atoms with Crippen LogP contribution in [-0.4, -0.2) is 47.2 Å². The fourth-order valence-corrected chi connectivity index (χ4v) is 2.66. The third-order valence-corrected chi connectivity index (χ3v) is 3.67. The van der Waals surface area contributed by atoms with E-state index in [2.05, 4.69) is 0 Å². The van der Waals surface area contributed by atoms with Crippen LogP contribution >= 0.6 is 11.3 Å². The molecule has 6 heteroatoms. The summed E-state index contributed by atoms with van der Waals surface area (Å²) in [6, 6.07) is 3.80. The van der Waals surface area contributed by atoms with E-state index in [1.165, 1.54) is 11.3 Å². The lowest BCUT2D eigenvalue weighted by atomic mass is 10.2. The Kier molecular flexibility index (Phi) is 3.98. The van der Waals surface area contributed by atoms with Crippen molar-refractivity contribution in [3.8, 4) is 0 Å². The summed E-state index contributed by atoms with van der Waals surface area (Å²) in [6.45, 7) is 2.36. The van der Waals surface area contributed by atoms with Crippen LogP contribution < -0.4 is 0 Å². The highest BCUT2D eigenvalue weighted by Gasteiger charge is 2.32. The number of hydrogen-bond donors (Lipinski definition) is 1. The van der Waals surface area contributed by atoms with Gasteiger partial charge >= 0.3 is 5.97 Å². The topological polar surface area (TPSA) is 66.8 Å². The van der Waals surface area contributed by atoms with Gasteiger partial charge in [-0.15, -0.1) is 11.3 Å². The van der Waals surface area contributed by atoms with Gasteiger partial charge in [-0.25, -0.2) is 4.79 Å². The number of thiophene rings is 1. The number of ether oxygens (including phenoxy) is 1. The average molecular weight is 269 g/mol. The van der Waals surface area contributed by atoms with Crippen LogP contribution in [0.2, 0.25) is 0 Å². The number of amides is 1. The van der Waals surface area contributed by atoms with Gasteiger partial charge in [-0.05, 0) is 18.4 Å². The van der Waals surface area contributed by atoms with Crippen molar-refractivity contribution in [2.45, 2.75) is 25.6 Å². The molecule has 0 bridgehead atoms. The first-order chi connectivity index (χ1) is 8.56. The lowest BCUT2D eigenvalue weighted by Gasteiger charge is -2.34. The zero-order chi connectivity index (χ0) is 13.1. The number of carbonyl (C=O) groups is 2. The summed E-state index contributed by atoms with van der Waals surface area (Å²) in [5, 5.41) is 10.9. The molecule has 2 heterocycles.